The molecule has 0 aliphatic carbocycles. The van der Waals surface area contributed by atoms with Crippen LogP contribution in [0.3, 0.4) is 0 Å². The number of benzene rings is 2. The molecule has 0 heterocycles. The van der Waals surface area contributed by atoms with Crippen molar-refractivity contribution < 1.29 is 23.6 Å². The molecule has 1 amide bonds. The number of nitrogens with zero attached hydrogens (tertiary/aromatic N) is 1. The Bertz CT molecular complexity index is 807. The molecule has 0 saturated carbocycles. The summed E-state index contributed by atoms with van der Waals surface area (Å²) < 4.78 is 18.8. The molecule has 7 nitrogen and oxygen atoms in total. The van der Waals surface area contributed by atoms with E-state index >= 15 is 0 Å². The first kappa shape index (κ1) is 17.1. The standard InChI is InChI=1S/C16H13FN2O5/c1-10-2-4-14(13(17)6-10)18-16(21)9-24-15-5-3-12(19(22)23)7-11(15)8-20/h2-8H,9H2,1H3,(H,18,21). The summed E-state index contributed by atoms with van der Waals surface area (Å²) in [4.78, 5) is 32.8. The van der Waals surface area contributed by atoms with E-state index in [1.54, 1.807) is 13.0 Å². The fourth-order valence-corrected chi connectivity index (χ4v) is 1.92. The number of hydrogen-bond acceptors (Lipinski definition) is 5. The van der Waals surface area contributed by atoms with Crippen LogP contribution in [0.25, 0.3) is 0 Å². The second kappa shape index (κ2) is 7.32. The van der Waals surface area contributed by atoms with Gasteiger partial charge in [0.2, 0.25) is 0 Å². The van der Waals surface area contributed by atoms with Gasteiger partial charge in [-0.1, -0.05) is 6.07 Å². The van der Waals surface area contributed by atoms with E-state index in [0.717, 1.165) is 12.1 Å². The number of anilines is 1. The van der Waals surface area contributed by atoms with Crippen LogP contribution < -0.4 is 10.1 Å². The third-order valence-electron chi connectivity index (χ3n) is 3.09. The first-order chi connectivity index (χ1) is 11.4. The molecule has 0 aromatic heterocycles. The summed E-state index contributed by atoms with van der Waals surface area (Å²) in [6.07, 6.45) is 0.389. The molecule has 0 spiro atoms. The maximum absolute atomic E-state index is 13.6. The summed E-state index contributed by atoms with van der Waals surface area (Å²) in [6, 6.07) is 7.75. The van der Waals surface area contributed by atoms with Crippen molar-refractivity contribution in [3.8, 4) is 5.75 Å². The van der Waals surface area contributed by atoms with Gasteiger partial charge in [0.1, 0.15) is 11.6 Å². The van der Waals surface area contributed by atoms with Crippen molar-refractivity contribution in [1.29, 1.82) is 0 Å². The van der Waals surface area contributed by atoms with Crippen molar-refractivity contribution in [3.05, 3.63) is 63.5 Å². The summed E-state index contributed by atoms with van der Waals surface area (Å²) in [7, 11) is 0. The lowest BCUT2D eigenvalue weighted by Gasteiger charge is -2.10. The number of hydrogen-bond donors (Lipinski definition) is 1. The van der Waals surface area contributed by atoms with E-state index in [1.807, 2.05) is 0 Å². The normalized spacial score (nSPS) is 10.1. The molecule has 0 unspecified atom stereocenters. The Labute approximate surface area is 136 Å². The van der Waals surface area contributed by atoms with Gasteiger partial charge < -0.3 is 10.1 Å². The van der Waals surface area contributed by atoms with Gasteiger partial charge in [-0.2, -0.15) is 0 Å². The molecule has 0 atom stereocenters. The lowest BCUT2D eigenvalue weighted by Crippen LogP contribution is -2.21. The van der Waals surface area contributed by atoms with E-state index in [0.29, 0.717) is 11.8 Å². The van der Waals surface area contributed by atoms with Crippen LogP contribution in [0, 0.1) is 22.9 Å². The molecule has 124 valence electrons. The number of aryl methyl sites for hydroxylation is 1. The van der Waals surface area contributed by atoms with Crippen molar-refractivity contribution in [3.63, 3.8) is 0 Å². The Morgan fingerprint density at radius 3 is 2.71 bits per heavy atom. The molecular weight excluding hydrogens is 319 g/mol. The van der Waals surface area contributed by atoms with Crippen LogP contribution in [-0.2, 0) is 4.79 Å². The molecule has 0 bridgehead atoms. The molecule has 0 radical (unpaired) electrons. The highest BCUT2D eigenvalue weighted by Gasteiger charge is 2.13. The fourth-order valence-electron chi connectivity index (χ4n) is 1.92. The minimum Gasteiger partial charge on any atom is -0.483 e. The molecule has 2 aromatic carbocycles. The highest BCUT2D eigenvalue weighted by atomic mass is 19.1. The molecule has 0 fully saturated rings. The van der Waals surface area contributed by atoms with Gasteiger partial charge in [-0.25, -0.2) is 4.39 Å². The van der Waals surface area contributed by atoms with Gasteiger partial charge in [0.05, 0.1) is 16.2 Å². The first-order valence-electron chi connectivity index (χ1n) is 6.83. The van der Waals surface area contributed by atoms with E-state index in [1.165, 1.54) is 18.2 Å². The number of aldehydes is 1. The number of carbonyl (C=O) groups excluding carboxylic acids is 2. The zero-order chi connectivity index (χ0) is 17.7. The predicted octanol–water partition coefficient (Wildman–Crippen LogP) is 2.87. The van der Waals surface area contributed by atoms with Gasteiger partial charge >= 0.3 is 0 Å². The van der Waals surface area contributed by atoms with Gasteiger partial charge in [0, 0.05) is 12.1 Å². The molecule has 0 aliphatic rings. The van der Waals surface area contributed by atoms with Crippen LogP contribution >= 0.6 is 0 Å². The van der Waals surface area contributed by atoms with E-state index in [9.17, 15) is 24.1 Å². The van der Waals surface area contributed by atoms with Crippen LogP contribution in [0.4, 0.5) is 15.8 Å². The number of ether oxygens (including phenoxy) is 1. The van der Waals surface area contributed by atoms with Crippen LogP contribution in [0.15, 0.2) is 36.4 Å². The van der Waals surface area contributed by atoms with E-state index in [2.05, 4.69) is 5.32 Å². The lowest BCUT2D eigenvalue weighted by atomic mass is 10.2. The smallest absolute Gasteiger partial charge is 0.270 e. The SMILES string of the molecule is Cc1ccc(NC(=O)COc2ccc([N+](=O)[O-])cc2C=O)c(F)c1. The number of rotatable bonds is 6. The number of nitro benzene ring substituents is 1. The zero-order valence-electron chi connectivity index (χ0n) is 12.6. The molecule has 2 rings (SSSR count). The zero-order valence-corrected chi connectivity index (χ0v) is 12.6. The van der Waals surface area contributed by atoms with Gasteiger partial charge in [0.15, 0.2) is 12.9 Å². The second-order valence-electron chi connectivity index (χ2n) is 4.92. The summed E-state index contributed by atoms with van der Waals surface area (Å²) in [5.41, 5.74) is 0.394. The monoisotopic (exact) mass is 332 g/mol. The fraction of sp³-hybridized carbons (Fsp3) is 0.125. The van der Waals surface area contributed by atoms with E-state index < -0.39 is 23.3 Å². The molecule has 0 aliphatic heterocycles. The van der Waals surface area contributed by atoms with Gasteiger partial charge in [-0.15, -0.1) is 0 Å². The minimum absolute atomic E-state index is 0.00788. The Kier molecular flexibility index (Phi) is 5.20. The Balaban J connectivity index is 2.03. The summed E-state index contributed by atoms with van der Waals surface area (Å²) >= 11 is 0. The Hall–Kier alpha value is -3.29. The van der Waals surface area contributed by atoms with Crippen molar-refractivity contribution in [2.75, 3.05) is 11.9 Å². The minimum atomic E-state index is -0.649. The number of non-ortho nitro benzene ring substituents is 1. The largest absolute Gasteiger partial charge is 0.483 e. The van der Waals surface area contributed by atoms with Crippen molar-refractivity contribution in [1.82, 2.24) is 0 Å². The maximum Gasteiger partial charge on any atom is 0.270 e. The highest BCUT2D eigenvalue weighted by Crippen LogP contribution is 2.23. The number of carbonyl (C=O) groups is 2. The average Bonchev–Trinajstić information content (AvgIpc) is 2.55. The highest BCUT2D eigenvalue weighted by molar-refractivity contribution is 5.92. The molecule has 8 heteroatoms. The third kappa shape index (κ3) is 4.13. The van der Waals surface area contributed by atoms with Crippen LogP contribution in [-0.4, -0.2) is 23.7 Å². The van der Waals surface area contributed by atoms with Crippen LogP contribution in [0.1, 0.15) is 15.9 Å². The number of halogens is 1. The summed E-state index contributed by atoms with van der Waals surface area (Å²) in [5, 5.41) is 13.0. The molecule has 1 N–H and O–H groups in total. The maximum atomic E-state index is 13.6. The molecule has 0 saturated heterocycles. The number of nitrogens with one attached hydrogen (secondary N) is 1. The van der Waals surface area contributed by atoms with Crippen LogP contribution in [0.2, 0.25) is 0 Å². The first-order valence-corrected chi connectivity index (χ1v) is 6.83. The van der Waals surface area contributed by atoms with E-state index in [-0.39, 0.29) is 22.7 Å². The topological polar surface area (TPSA) is 98.5 Å². The van der Waals surface area contributed by atoms with Crippen molar-refractivity contribution >= 4 is 23.6 Å². The van der Waals surface area contributed by atoms with E-state index in [4.69, 9.17) is 4.74 Å². The van der Waals surface area contributed by atoms with Crippen molar-refractivity contribution in [2.45, 2.75) is 6.92 Å². The van der Waals surface area contributed by atoms with Crippen molar-refractivity contribution in [2.24, 2.45) is 0 Å². The van der Waals surface area contributed by atoms with Crippen LogP contribution in [0.5, 0.6) is 5.75 Å². The van der Waals surface area contributed by atoms with Gasteiger partial charge in [-0.3, -0.25) is 19.7 Å². The number of nitro groups is 1. The Morgan fingerprint density at radius 2 is 2.08 bits per heavy atom. The molecule has 2 aromatic rings. The number of amides is 1. The third-order valence-corrected chi connectivity index (χ3v) is 3.09. The molecule has 24 heavy (non-hydrogen) atoms. The summed E-state index contributed by atoms with van der Waals surface area (Å²) in [5.74, 6) is -1.18. The quantitative estimate of drug-likeness (QED) is 0.498. The van der Waals surface area contributed by atoms with Gasteiger partial charge in [-0.05, 0) is 30.7 Å². The Morgan fingerprint density at radius 1 is 1.33 bits per heavy atom. The second-order valence-corrected chi connectivity index (χ2v) is 4.92. The predicted molar refractivity (Wildman–Crippen MR) is 83.7 cm³/mol. The van der Waals surface area contributed by atoms with Gasteiger partial charge in [0.25, 0.3) is 11.6 Å². The average molecular weight is 332 g/mol. The summed E-state index contributed by atoms with van der Waals surface area (Å²) in [6.45, 7) is 1.24. The lowest BCUT2D eigenvalue weighted by molar-refractivity contribution is -0.384. The molecular formula is C16H13FN2O5.